The number of rotatable bonds is 2. The first-order chi connectivity index (χ1) is 8.07. The van der Waals surface area contributed by atoms with Gasteiger partial charge in [0, 0.05) is 32.1 Å². The van der Waals surface area contributed by atoms with Crippen molar-refractivity contribution in [2.75, 3.05) is 44.4 Å². The predicted molar refractivity (Wildman–Crippen MR) is 62.5 cm³/mol. The average Bonchev–Trinajstić information content (AvgIpc) is 2.29. The van der Waals surface area contributed by atoms with Gasteiger partial charge in [-0.25, -0.2) is 8.42 Å². The molecular weight excluding hydrogens is 244 g/mol. The Balaban J connectivity index is 1.85. The molecule has 0 bridgehead atoms. The zero-order chi connectivity index (χ0) is 12.3. The second kappa shape index (κ2) is 5.32. The summed E-state index contributed by atoms with van der Waals surface area (Å²) in [6.07, 6.45) is 0.263. The summed E-state index contributed by atoms with van der Waals surface area (Å²) in [7, 11) is -2.97. The summed E-state index contributed by atoms with van der Waals surface area (Å²) in [4.78, 5) is 13.7. The molecule has 0 aromatic heterocycles. The second-order valence-corrected chi connectivity index (χ2v) is 6.69. The lowest BCUT2D eigenvalue weighted by atomic mass is 10.2. The van der Waals surface area contributed by atoms with E-state index in [0.717, 1.165) is 0 Å². The van der Waals surface area contributed by atoms with Crippen LogP contribution in [0, 0.1) is 0 Å². The Kier molecular flexibility index (Phi) is 4.01. The van der Waals surface area contributed by atoms with Crippen molar-refractivity contribution in [1.82, 2.24) is 10.2 Å². The van der Waals surface area contributed by atoms with Gasteiger partial charge in [0.2, 0.25) is 5.91 Å². The molecule has 1 unspecified atom stereocenters. The highest BCUT2D eigenvalue weighted by atomic mass is 32.2. The third-order valence-electron chi connectivity index (χ3n) is 3.09. The van der Waals surface area contributed by atoms with Crippen LogP contribution < -0.4 is 5.32 Å². The van der Waals surface area contributed by atoms with Gasteiger partial charge >= 0.3 is 0 Å². The monoisotopic (exact) mass is 262 g/mol. The Bertz CT molecular complexity index is 376. The van der Waals surface area contributed by atoms with Gasteiger partial charge in [-0.1, -0.05) is 0 Å². The first kappa shape index (κ1) is 12.8. The summed E-state index contributed by atoms with van der Waals surface area (Å²) in [5.74, 6) is 0.265. The van der Waals surface area contributed by atoms with Gasteiger partial charge in [-0.2, -0.15) is 0 Å². The third kappa shape index (κ3) is 3.65. The minimum atomic E-state index is -2.97. The van der Waals surface area contributed by atoms with Crippen molar-refractivity contribution >= 4 is 15.7 Å². The van der Waals surface area contributed by atoms with Gasteiger partial charge in [0.1, 0.15) is 0 Å². The summed E-state index contributed by atoms with van der Waals surface area (Å²) < 4.78 is 28.0. The van der Waals surface area contributed by atoms with E-state index in [1.807, 2.05) is 0 Å². The van der Waals surface area contributed by atoms with Gasteiger partial charge < -0.3 is 15.0 Å². The molecule has 6 nitrogen and oxygen atoms in total. The molecule has 0 aliphatic carbocycles. The molecule has 0 spiro atoms. The second-order valence-electron chi connectivity index (χ2n) is 4.46. The maximum absolute atomic E-state index is 11.9. The molecule has 0 radical (unpaired) electrons. The molecule has 0 aromatic carbocycles. The van der Waals surface area contributed by atoms with E-state index in [9.17, 15) is 13.2 Å². The Hall–Kier alpha value is -0.660. The highest BCUT2D eigenvalue weighted by Gasteiger charge is 2.28. The first-order valence-corrected chi connectivity index (χ1v) is 7.68. The fourth-order valence-corrected chi connectivity index (χ4v) is 3.60. The van der Waals surface area contributed by atoms with Crippen LogP contribution in [-0.2, 0) is 19.4 Å². The summed E-state index contributed by atoms with van der Waals surface area (Å²) >= 11 is 0. The molecule has 0 saturated carbocycles. The fraction of sp³-hybridized carbons (Fsp3) is 0.900. The maximum atomic E-state index is 11.9. The van der Waals surface area contributed by atoms with E-state index in [-0.39, 0.29) is 29.9 Å². The largest absolute Gasteiger partial charge is 0.378 e. The molecule has 2 fully saturated rings. The number of hydrogen-bond donors (Lipinski definition) is 1. The van der Waals surface area contributed by atoms with Crippen LogP contribution in [0.1, 0.15) is 6.42 Å². The van der Waals surface area contributed by atoms with Crippen LogP contribution in [0.15, 0.2) is 0 Å². The Morgan fingerprint density at radius 1 is 1.35 bits per heavy atom. The van der Waals surface area contributed by atoms with Crippen LogP contribution in [0.4, 0.5) is 0 Å². The van der Waals surface area contributed by atoms with Crippen LogP contribution in [0.2, 0.25) is 0 Å². The number of carbonyl (C=O) groups excluding carboxylic acids is 1. The van der Waals surface area contributed by atoms with Gasteiger partial charge in [-0.3, -0.25) is 4.79 Å². The van der Waals surface area contributed by atoms with E-state index >= 15 is 0 Å². The van der Waals surface area contributed by atoms with Gasteiger partial charge in [-0.05, 0) is 0 Å². The molecule has 98 valence electrons. The summed E-state index contributed by atoms with van der Waals surface area (Å²) in [6, 6.07) is -0.232. The molecular formula is C10H18N2O4S. The lowest BCUT2D eigenvalue weighted by Gasteiger charge is -2.30. The van der Waals surface area contributed by atoms with Crippen LogP contribution in [0.5, 0.6) is 0 Å². The summed E-state index contributed by atoms with van der Waals surface area (Å²) in [6.45, 7) is 2.81. The predicted octanol–water partition coefficient (Wildman–Crippen LogP) is -1.38. The van der Waals surface area contributed by atoms with Crippen molar-refractivity contribution in [3.05, 3.63) is 0 Å². The van der Waals surface area contributed by atoms with Crippen molar-refractivity contribution in [2.45, 2.75) is 12.5 Å². The van der Waals surface area contributed by atoms with E-state index in [1.165, 1.54) is 0 Å². The first-order valence-electron chi connectivity index (χ1n) is 5.86. The van der Waals surface area contributed by atoms with Gasteiger partial charge in [-0.15, -0.1) is 0 Å². The van der Waals surface area contributed by atoms with Gasteiger partial charge in [0.05, 0.1) is 24.7 Å². The number of hydrogen-bond acceptors (Lipinski definition) is 5. The van der Waals surface area contributed by atoms with Crippen LogP contribution in [0.3, 0.4) is 0 Å². The Labute approximate surface area is 101 Å². The smallest absolute Gasteiger partial charge is 0.224 e. The number of sulfone groups is 1. The third-order valence-corrected chi connectivity index (χ3v) is 4.82. The van der Waals surface area contributed by atoms with Crippen LogP contribution >= 0.6 is 0 Å². The molecule has 1 N–H and O–H groups in total. The molecule has 1 atom stereocenters. The minimum Gasteiger partial charge on any atom is -0.378 e. The number of nitrogens with one attached hydrogen (secondary N) is 1. The highest BCUT2D eigenvalue weighted by Crippen LogP contribution is 2.08. The van der Waals surface area contributed by atoms with Crippen molar-refractivity contribution in [3.63, 3.8) is 0 Å². The molecule has 0 aromatic rings. The molecule has 2 saturated heterocycles. The molecule has 2 aliphatic rings. The van der Waals surface area contributed by atoms with Gasteiger partial charge in [0.15, 0.2) is 9.84 Å². The lowest BCUT2D eigenvalue weighted by molar-refractivity contribution is -0.135. The topological polar surface area (TPSA) is 75.7 Å². The molecule has 2 aliphatic heterocycles. The number of nitrogens with zero attached hydrogens (tertiary/aromatic N) is 1. The van der Waals surface area contributed by atoms with E-state index < -0.39 is 9.84 Å². The quantitative estimate of drug-likeness (QED) is 0.664. The fourth-order valence-electron chi connectivity index (χ4n) is 2.15. The van der Waals surface area contributed by atoms with E-state index in [1.54, 1.807) is 4.90 Å². The van der Waals surface area contributed by atoms with Crippen LogP contribution in [0.25, 0.3) is 0 Å². The minimum absolute atomic E-state index is 0.0166. The van der Waals surface area contributed by atoms with E-state index in [4.69, 9.17) is 4.74 Å². The molecule has 2 rings (SSSR count). The zero-order valence-electron chi connectivity index (χ0n) is 9.72. The van der Waals surface area contributed by atoms with Gasteiger partial charge in [0.25, 0.3) is 0 Å². The van der Waals surface area contributed by atoms with Crippen LogP contribution in [-0.4, -0.2) is 69.6 Å². The SMILES string of the molecule is O=C(CC1CS(=O)(=O)CCN1)N1CCOCC1. The van der Waals surface area contributed by atoms with E-state index in [0.29, 0.717) is 32.8 Å². The Morgan fingerprint density at radius 3 is 2.71 bits per heavy atom. The molecule has 7 heteroatoms. The van der Waals surface area contributed by atoms with Crippen molar-refractivity contribution in [1.29, 1.82) is 0 Å². The van der Waals surface area contributed by atoms with Crippen molar-refractivity contribution in [3.8, 4) is 0 Å². The molecule has 2 heterocycles. The van der Waals surface area contributed by atoms with Crippen molar-refractivity contribution < 1.29 is 17.9 Å². The number of ether oxygens (including phenoxy) is 1. The molecule has 17 heavy (non-hydrogen) atoms. The highest BCUT2D eigenvalue weighted by molar-refractivity contribution is 7.91. The zero-order valence-corrected chi connectivity index (χ0v) is 10.5. The number of carbonyl (C=O) groups is 1. The standard InChI is InChI=1S/C10H18N2O4S/c13-10(12-2-4-16-5-3-12)7-9-8-17(14,15)6-1-11-9/h9,11H,1-8H2. The summed E-state index contributed by atoms with van der Waals surface area (Å²) in [5.41, 5.74) is 0. The number of amides is 1. The Morgan fingerprint density at radius 2 is 2.06 bits per heavy atom. The lowest BCUT2D eigenvalue weighted by Crippen LogP contribution is -2.49. The normalized spacial score (nSPS) is 28.9. The number of morpholine rings is 1. The summed E-state index contributed by atoms with van der Waals surface area (Å²) in [5, 5.41) is 3.09. The van der Waals surface area contributed by atoms with E-state index in [2.05, 4.69) is 5.32 Å². The average molecular weight is 262 g/mol. The maximum Gasteiger partial charge on any atom is 0.224 e. The van der Waals surface area contributed by atoms with Crippen molar-refractivity contribution in [2.24, 2.45) is 0 Å². The molecule has 1 amide bonds.